The van der Waals surface area contributed by atoms with Gasteiger partial charge in [-0.2, -0.15) is 0 Å². The van der Waals surface area contributed by atoms with Gasteiger partial charge in [-0.15, -0.1) is 0 Å². The molecule has 0 aliphatic heterocycles. The predicted octanol–water partition coefficient (Wildman–Crippen LogP) is 4.57. The van der Waals surface area contributed by atoms with E-state index in [0.29, 0.717) is 10.9 Å². The van der Waals surface area contributed by atoms with Crippen molar-refractivity contribution in [2.45, 2.75) is 59.3 Å². The maximum Gasteiger partial charge on any atom is 0.0761 e. The molecule has 0 saturated carbocycles. The van der Waals surface area contributed by atoms with Crippen molar-refractivity contribution in [2.24, 2.45) is 11.7 Å². The van der Waals surface area contributed by atoms with Crippen LogP contribution in [-0.2, 0) is 11.8 Å². The fourth-order valence-corrected chi connectivity index (χ4v) is 2.53. The van der Waals surface area contributed by atoms with Crippen LogP contribution in [0.1, 0.15) is 64.2 Å². The smallest absolute Gasteiger partial charge is 0.0761 e. The fourth-order valence-electron chi connectivity index (χ4n) is 2.32. The van der Waals surface area contributed by atoms with Crippen molar-refractivity contribution in [3.63, 3.8) is 0 Å². The van der Waals surface area contributed by atoms with E-state index in [1.54, 1.807) is 0 Å². The Kier molecular flexibility index (Phi) is 5.14. The lowest BCUT2D eigenvalue weighted by atomic mass is 9.80. The number of hydrogen-bond donors (Lipinski definition) is 1. The minimum atomic E-state index is 0.174. The Morgan fingerprint density at radius 3 is 2.26 bits per heavy atom. The summed E-state index contributed by atoms with van der Waals surface area (Å²) < 4.78 is 0. The van der Waals surface area contributed by atoms with Crippen LogP contribution >= 0.6 is 12.2 Å². The third kappa shape index (κ3) is 3.79. The summed E-state index contributed by atoms with van der Waals surface area (Å²) in [6.07, 6.45) is 1.05. The molecule has 0 aliphatic rings. The number of aryl methyl sites for hydroxylation is 1. The number of benzene rings is 1. The molecule has 1 aromatic carbocycles. The summed E-state index contributed by atoms with van der Waals surface area (Å²) in [5.41, 5.74) is 10.2. The largest absolute Gasteiger partial charge is 0.393 e. The molecule has 106 valence electrons. The van der Waals surface area contributed by atoms with Gasteiger partial charge in [-0.3, -0.25) is 0 Å². The van der Waals surface area contributed by atoms with E-state index in [-0.39, 0.29) is 11.3 Å². The van der Waals surface area contributed by atoms with Crippen molar-refractivity contribution in [1.29, 1.82) is 0 Å². The van der Waals surface area contributed by atoms with Gasteiger partial charge in [-0.25, -0.2) is 0 Å². The zero-order valence-electron chi connectivity index (χ0n) is 13.1. The van der Waals surface area contributed by atoms with Crippen LogP contribution in [0.15, 0.2) is 18.2 Å². The minimum Gasteiger partial charge on any atom is -0.393 e. The highest BCUT2D eigenvalue weighted by Crippen LogP contribution is 2.32. The van der Waals surface area contributed by atoms with Gasteiger partial charge in [0.25, 0.3) is 0 Å². The van der Waals surface area contributed by atoms with Crippen LogP contribution in [0.5, 0.6) is 0 Å². The standard InChI is InChI=1S/C17H27NS/c1-7-13-8-9-14(17(4,5)6)10-15(13)11(2)12(3)16(18)19/h8-12H,7H2,1-6H3,(H2,18,19). The van der Waals surface area contributed by atoms with E-state index in [0.717, 1.165) is 6.42 Å². The lowest BCUT2D eigenvalue weighted by Crippen LogP contribution is -2.24. The fraction of sp³-hybridized carbons (Fsp3) is 0.588. The molecule has 2 heteroatoms. The first-order valence-corrected chi connectivity index (χ1v) is 7.52. The highest BCUT2D eigenvalue weighted by Gasteiger charge is 2.22. The predicted molar refractivity (Wildman–Crippen MR) is 88.9 cm³/mol. The minimum absolute atomic E-state index is 0.174. The highest BCUT2D eigenvalue weighted by molar-refractivity contribution is 7.80. The van der Waals surface area contributed by atoms with Gasteiger partial charge >= 0.3 is 0 Å². The summed E-state index contributed by atoms with van der Waals surface area (Å²) >= 11 is 5.16. The molecule has 0 spiro atoms. The molecule has 19 heavy (non-hydrogen) atoms. The summed E-state index contributed by atoms with van der Waals surface area (Å²) in [7, 11) is 0. The monoisotopic (exact) mass is 277 g/mol. The van der Waals surface area contributed by atoms with E-state index in [2.05, 4.69) is 59.7 Å². The van der Waals surface area contributed by atoms with Crippen LogP contribution in [0.4, 0.5) is 0 Å². The zero-order chi connectivity index (χ0) is 14.8. The Morgan fingerprint density at radius 2 is 1.84 bits per heavy atom. The van der Waals surface area contributed by atoms with E-state index in [4.69, 9.17) is 18.0 Å². The summed E-state index contributed by atoms with van der Waals surface area (Å²) in [5.74, 6) is 0.602. The van der Waals surface area contributed by atoms with Crippen LogP contribution in [-0.4, -0.2) is 4.99 Å². The molecule has 0 amide bonds. The molecule has 2 unspecified atom stereocenters. The van der Waals surface area contributed by atoms with Crippen molar-refractivity contribution in [1.82, 2.24) is 0 Å². The summed E-state index contributed by atoms with van der Waals surface area (Å²) in [4.78, 5) is 0.607. The third-order valence-corrected chi connectivity index (χ3v) is 4.45. The Morgan fingerprint density at radius 1 is 1.26 bits per heavy atom. The average molecular weight is 277 g/mol. The quantitative estimate of drug-likeness (QED) is 0.816. The maximum atomic E-state index is 5.82. The van der Waals surface area contributed by atoms with Crippen LogP contribution in [0.25, 0.3) is 0 Å². The zero-order valence-corrected chi connectivity index (χ0v) is 13.9. The number of thiocarbonyl (C=S) groups is 1. The van der Waals surface area contributed by atoms with Gasteiger partial charge in [0, 0.05) is 5.92 Å². The first kappa shape index (κ1) is 16.2. The molecule has 1 rings (SSSR count). The second-order valence-electron chi connectivity index (χ2n) is 6.50. The highest BCUT2D eigenvalue weighted by atomic mass is 32.1. The molecule has 0 radical (unpaired) electrons. The van der Waals surface area contributed by atoms with E-state index in [1.165, 1.54) is 16.7 Å². The van der Waals surface area contributed by atoms with E-state index in [1.807, 2.05) is 0 Å². The van der Waals surface area contributed by atoms with E-state index in [9.17, 15) is 0 Å². The van der Waals surface area contributed by atoms with Gasteiger partial charge in [-0.1, -0.05) is 72.0 Å². The number of nitrogens with two attached hydrogens (primary N) is 1. The van der Waals surface area contributed by atoms with Crippen LogP contribution < -0.4 is 5.73 Å². The van der Waals surface area contributed by atoms with Crippen LogP contribution in [0.2, 0.25) is 0 Å². The van der Waals surface area contributed by atoms with Gasteiger partial charge in [-0.05, 0) is 34.4 Å². The van der Waals surface area contributed by atoms with Crippen LogP contribution in [0, 0.1) is 5.92 Å². The average Bonchev–Trinajstić information content (AvgIpc) is 2.34. The van der Waals surface area contributed by atoms with Crippen molar-refractivity contribution in [3.05, 3.63) is 34.9 Å². The van der Waals surface area contributed by atoms with Crippen molar-refractivity contribution >= 4 is 17.2 Å². The van der Waals surface area contributed by atoms with E-state index < -0.39 is 0 Å². The molecule has 1 aromatic rings. The van der Waals surface area contributed by atoms with Gasteiger partial charge in [0.05, 0.1) is 4.99 Å². The topological polar surface area (TPSA) is 26.0 Å². The molecule has 0 fully saturated rings. The van der Waals surface area contributed by atoms with Crippen molar-refractivity contribution in [2.75, 3.05) is 0 Å². The molecule has 2 N–H and O–H groups in total. The lowest BCUT2D eigenvalue weighted by Gasteiger charge is -2.26. The second-order valence-corrected chi connectivity index (χ2v) is 6.97. The van der Waals surface area contributed by atoms with Crippen molar-refractivity contribution < 1.29 is 0 Å². The van der Waals surface area contributed by atoms with Gasteiger partial charge in [0.15, 0.2) is 0 Å². The Labute approximate surface area is 123 Å². The van der Waals surface area contributed by atoms with Gasteiger partial charge in [0.1, 0.15) is 0 Å². The molecule has 2 atom stereocenters. The molecule has 0 saturated heterocycles. The lowest BCUT2D eigenvalue weighted by molar-refractivity contribution is 0.580. The molecule has 1 nitrogen and oxygen atoms in total. The molecule has 0 bridgehead atoms. The molecule has 0 aromatic heterocycles. The Balaban J connectivity index is 3.27. The Bertz CT molecular complexity index is 457. The van der Waals surface area contributed by atoms with E-state index >= 15 is 0 Å². The summed E-state index contributed by atoms with van der Waals surface area (Å²) in [6, 6.07) is 6.86. The molecular formula is C17H27NS. The maximum absolute atomic E-state index is 5.82. The summed E-state index contributed by atoms with van der Waals surface area (Å²) in [5, 5.41) is 0. The number of hydrogen-bond acceptors (Lipinski definition) is 1. The van der Waals surface area contributed by atoms with Crippen LogP contribution in [0.3, 0.4) is 0 Å². The molecule has 0 heterocycles. The van der Waals surface area contributed by atoms with Crippen molar-refractivity contribution in [3.8, 4) is 0 Å². The normalized spacial score (nSPS) is 15.1. The Hall–Kier alpha value is -0.890. The second kappa shape index (κ2) is 6.04. The van der Waals surface area contributed by atoms with Gasteiger partial charge < -0.3 is 5.73 Å². The third-order valence-electron chi connectivity index (χ3n) is 4.08. The SMILES string of the molecule is CCc1ccc(C(C)(C)C)cc1C(C)C(C)C(N)=S. The molecule has 0 aliphatic carbocycles. The number of rotatable bonds is 4. The molecular weight excluding hydrogens is 250 g/mol. The first-order chi connectivity index (χ1) is 8.68. The first-order valence-electron chi connectivity index (χ1n) is 7.11. The summed E-state index contributed by atoms with van der Waals surface area (Å²) in [6.45, 7) is 13.3. The van der Waals surface area contributed by atoms with Gasteiger partial charge in [0.2, 0.25) is 0 Å².